The minimum Gasteiger partial charge on any atom is -0.321 e. The third kappa shape index (κ3) is 6.06. The van der Waals surface area contributed by atoms with Gasteiger partial charge in [-0.25, -0.2) is 9.18 Å². The van der Waals surface area contributed by atoms with Crippen LogP contribution in [0.15, 0.2) is 36.4 Å². The normalized spacial score (nSPS) is 18.7. The highest BCUT2D eigenvalue weighted by Crippen LogP contribution is 2.27. The minimum atomic E-state index is -0.510. The van der Waals surface area contributed by atoms with Crippen molar-refractivity contribution in [3.05, 3.63) is 63.9 Å². The van der Waals surface area contributed by atoms with Gasteiger partial charge in [0.1, 0.15) is 5.82 Å². The van der Waals surface area contributed by atoms with E-state index in [0.29, 0.717) is 17.8 Å². The fourth-order valence-electron chi connectivity index (χ4n) is 4.83. The maximum atomic E-state index is 13.6. The molecule has 2 aromatic carbocycles. The van der Waals surface area contributed by atoms with Gasteiger partial charge in [-0.1, -0.05) is 17.7 Å². The smallest absolute Gasteiger partial charge is 0.321 e. The molecular weight excluding hydrogens is 453 g/mol. The summed E-state index contributed by atoms with van der Waals surface area (Å²) in [5, 5.41) is 12.1. The summed E-state index contributed by atoms with van der Waals surface area (Å²) in [7, 11) is 2.14. The van der Waals surface area contributed by atoms with Crippen LogP contribution in [0.25, 0.3) is 0 Å². The van der Waals surface area contributed by atoms with Crippen LogP contribution < -0.4 is 5.32 Å². The Balaban J connectivity index is 1.45. The molecule has 1 unspecified atom stereocenters. The van der Waals surface area contributed by atoms with Crippen molar-refractivity contribution in [2.45, 2.75) is 31.7 Å². The van der Waals surface area contributed by atoms with Crippen molar-refractivity contribution >= 4 is 23.3 Å². The van der Waals surface area contributed by atoms with E-state index in [1.807, 2.05) is 23.1 Å². The fraction of sp³-hybridized carbons (Fsp3) is 0.462. The van der Waals surface area contributed by atoms with Crippen LogP contribution in [0.3, 0.4) is 0 Å². The van der Waals surface area contributed by atoms with Gasteiger partial charge in [0.25, 0.3) is 0 Å². The number of aryl methyl sites for hydroxylation is 1. The van der Waals surface area contributed by atoms with Gasteiger partial charge in [-0.15, -0.1) is 0 Å². The summed E-state index contributed by atoms with van der Waals surface area (Å²) in [5.41, 5.74) is 3.54. The number of nitriles is 1. The Labute approximate surface area is 205 Å². The van der Waals surface area contributed by atoms with Crippen molar-refractivity contribution in [3.8, 4) is 6.07 Å². The quantitative estimate of drug-likeness (QED) is 0.662. The summed E-state index contributed by atoms with van der Waals surface area (Å²) in [5.74, 6) is -0.510. The van der Waals surface area contributed by atoms with Crippen LogP contribution in [0.1, 0.15) is 29.5 Å². The highest BCUT2D eigenvalue weighted by molar-refractivity contribution is 6.31. The van der Waals surface area contributed by atoms with Crippen LogP contribution in [-0.2, 0) is 12.8 Å². The van der Waals surface area contributed by atoms with Crippen LogP contribution in [-0.4, -0.2) is 73.1 Å². The molecule has 34 heavy (non-hydrogen) atoms. The highest BCUT2D eigenvalue weighted by atomic mass is 35.5. The van der Waals surface area contributed by atoms with Gasteiger partial charge in [0.2, 0.25) is 0 Å². The molecule has 1 aliphatic carbocycles. The lowest BCUT2D eigenvalue weighted by molar-refractivity contribution is 0.140. The molecule has 1 atom stereocenters. The van der Waals surface area contributed by atoms with E-state index in [2.05, 4.69) is 28.2 Å². The zero-order valence-electron chi connectivity index (χ0n) is 19.6. The van der Waals surface area contributed by atoms with E-state index in [9.17, 15) is 14.4 Å². The summed E-state index contributed by atoms with van der Waals surface area (Å²) in [6.45, 7) is 5.83. The Morgan fingerprint density at radius 1 is 1.21 bits per heavy atom. The molecule has 1 N–H and O–H groups in total. The molecule has 1 aliphatic heterocycles. The minimum absolute atomic E-state index is 0.0145. The second kappa shape index (κ2) is 11.2. The lowest BCUT2D eigenvalue weighted by Gasteiger charge is -2.37. The van der Waals surface area contributed by atoms with Crippen LogP contribution >= 0.6 is 11.6 Å². The predicted octanol–water partition coefficient (Wildman–Crippen LogP) is 4.38. The van der Waals surface area contributed by atoms with Crippen LogP contribution in [0.5, 0.6) is 0 Å². The molecular formula is C26H31ClFN5O. The summed E-state index contributed by atoms with van der Waals surface area (Å²) >= 11 is 5.91. The zero-order valence-corrected chi connectivity index (χ0v) is 20.3. The average molecular weight is 484 g/mol. The third-order valence-electron chi connectivity index (χ3n) is 6.88. The maximum Gasteiger partial charge on any atom is 0.322 e. The summed E-state index contributed by atoms with van der Waals surface area (Å²) < 4.78 is 13.6. The number of hydrogen-bond donors (Lipinski definition) is 1. The van der Waals surface area contributed by atoms with Crippen molar-refractivity contribution in [2.75, 3.05) is 51.6 Å². The Morgan fingerprint density at radius 2 is 2.00 bits per heavy atom. The molecule has 8 heteroatoms. The number of hydrogen-bond acceptors (Lipinski definition) is 4. The average Bonchev–Trinajstić information content (AvgIpc) is 2.84. The predicted molar refractivity (Wildman–Crippen MR) is 133 cm³/mol. The lowest BCUT2D eigenvalue weighted by atomic mass is 9.86. The second-order valence-corrected chi connectivity index (χ2v) is 9.65. The number of rotatable bonds is 6. The van der Waals surface area contributed by atoms with E-state index in [-0.39, 0.29) is 17.1 Å². The SMILES string of the molecule is CN1CCN(CCCN(C(=O)Nc2ccc(F)c(Cl)c2)C2CCc3cc(C#N)ccc3C2)CC1. The van der Waals surface area contributed by atoms with Gasteiger partial charge in [0.15, 0.2) is 0 Å². The molecule has 1 saturated heterocycles. The number of carbonyl (C=O) groups excluding carboxylic acids is 1. The summed E-state index contributed by atoms with van der Waals surface area (Å²) in [6.07, 6.45) is 3.32. The van der Waals surface area contributed by atoms with Crippen LogP contribution in [0, 0.1) is 17.1 Å². The first-order valence-electron chi connectivity index (χ1n) is 11.9. The molecule has 0 aromatic heterocycles. The number of halogens is 2. The Bertz CT molecular complexity index is 1060. The number of nitrogens with zero attached hydrogens (tertiary/aromatic N) is 4. The Morgan fingerprint density at radius 3 is 2.74 bits per heavy atom. The third-order valence-corrected chi connectivity index (χ3v) is 7.17. The van der Waals surface area contributed by atoms with Gasteiger partial charge in [0, 0.05) is 44.5 Å². The standard InChI is InChI=1S/C26H31ClFN5O/c1-31-11-13-32(14-12-31)9-2-10-33(26(34)30-22-6-8-25(28)24(27)17-22)23-7-5-20-15-19(18-29)3-4-21(20)16-23/h3-4,6,8,15,17,23H,2,5,7,9-14,16H2,1H3,(H,30,34). The van der Waals surface area contributed by atoms with E-state index in [4.69, 9.17) is 11.6 Å². The van der Waals surface area contributed by atoms with Crippen molar-refractivity contribution in [1.29, 1.82) is 5.26 Å². The van der Waals surface area contributed by atoms with Crippen molar-refractivity contribution in [2.24, 2.45) is 0 Å². The maximum absolute atomic E-state index is 13.6. The van der Waals surface area contributed by atoms with E-state index >= 15 is 0 Å². The highest BCUT2D eigenvalue weighted by Gasteiger charge is 2.28. The zero-order chi connectivity index (χ0) is 24.1. The van der Waals surface area contributed by atoms with Gasteiger partial charge in [-0.3, -0.25) is 0 Å². The first kappa shape index (κ1) is 24.5. The van der Waals surface area contributed by atoms with E-state index in [1.54, 1.807) is 0 Å². The molecule has 2 aliphatic rings. The second-order valence-electron chi connectivity index (χ2n) is 9.24. The number of piperazine rings is 1. The molecule has 0 bridgehead atoms. The number of carbonyl (C=O) groups is 1. The van der Waals surface area contributed by atoms with E-state index in [0.717, 1.165) is 58.4 Å². The first-order valence-corrected chi connectivity index (χ1v) is 12.3. The van der Waals surface area contributed by atoms with E-state index < -0.39 is 5.82 Å². The molecule has 1 fully saturated rings. The van der Waals surface area contributed by atoms with Crippen molar-refractivity contribution < 1.29 is 9.18 Å². The molecule has 2 amide bonds. The summed E-state index contributed by atoms with van der Waals surface area (Å²) in [6, 6.07) is 12.1. The van der Waals surface area contributed by atoms with Crippen LogP contribution in [0.2, 0.25) is 5.02 Å². The van der Waals surface area contributed by atoms with Gasteiger partial charge >= 0.3 is 6.03 Å². The molecule has 0 radical (unpaired) electrons. The van der Waals surface area contributed by atoms with Crippen molar-refractivity contribution in [3.63, 3.8) is 0 Å². The topological polar surface area (TPSA) is 62.6 Å². The molecule has 180 valence electrons. The lowest BCUT2D eigenvalue weighted by Crippen LogP contribution is -2.48. The number of fused-ring (bicyclic) bond motifs is 1. The Hall–Kier alpha value is -2.66. The number of likely N-dealkylation sites (N-methyl/N-ethyl adjacent to an activating group) is 1. The molecule has 0 saturated carbocycles. The van der Waals surface area contributed by atoms with Gasteiger partial charge in [-0.05, 0) is 80.7 Å². The van der Waals surface area contributed by atoms with Gasteiger partial charge < -0.3 is 20.0 Å². The molecule has 0 spiro atoms. The number of amides is 2. The fourth-order valence-corrected chi connectivity index (χ4v) is 5.01. The Kier molecular flexibility index (Phi) is 8.04. The van der Waals surface area contributed by atoms with Gasteiger partial charge in [0.05, 0.1) is 16.7 Å². The molecule has 2 aromatic rings. The summed E-state index contributed by atoms with van der Waals surface area (Å²) in [4.78, 5) is 20.1. The first-order chi connectivity index (χ1) is 16.4. The number of nitrogens with one attached hydrogen (secondary N) is 1. The number of urea groups is 1. The van der Waals surface area contributed by atoms with E-state index in [1.165, 1.54) is 29.3 Å². The van der Waals surface area contributed by atoms with Gasteiger partial charge in [-0.2, -0.15) is 5.26 Å². The molecule has 4 rings (SSSR count). The van der Waals surface area contributed by atoms with Crippen LogP contribution in [0.4, 0.5) is 14.9 Å². The number of benzene rings is 2. The largest absolute Gasteiger partial charge is 0.322 e. The number of anilines is 1. The van der Waals surface area contributed by atoms with Crippen molar-refractivity contribution in [1.82, 2.24) is 14.7 Å². The molecule has 1 heterocycles. The molecule has 6 nitrogen and oxygen atoms in total. The monoisotopic (exact) mass is 483 g/mol.